The summed E-state index contributed by atoms with van der Waals surface area (Å²) in [4.78, 5) is 0. The van der Waals surface area contributed by atoms with E-state index in [0.29, 0.717) is 11.3 Å². The first kappa shape index (κ1) is 17.1. The summed E-state index contributed by atoms with van der Waals surface area (Å²) in [5.74, 6) is -0.0714. The van der Waals surface area contributed by atoms with Crippen LogP contribution in [0.15, 0.2) is 30.3 Å². The van der Waals surface area contributed by atoms with Gasteiger partial charge in [0, 0.05) is 11.9 Å². The molecule has 0 unspecified atom stereocenters. The summed E-state index contributed by atoms with van der Waals surface area (Å²) in [6.07, 6.45) is 3.78. The number of phenols is 2. The summed E-state index contributed by atoms with van der Waals surface area (Å²) < 4.78 is 0. The van der Waals surface area contributed by atoms with E-state index >= 15 is 0 Å². The molecule has 2 aromatic carbocycles. The van der Waals surface area contributed by atoms with E-state index in [4.69, 9.17) is 22.7 Å². The molecule has 5 nitrogen and oxygen atoms in total. The Balaban J connectivity index is 0.000000326. The lowest BCUT2D eigenvalue weighted by atomic mass is 10.0. The van der Waals surface area contributed by atoms with Crippen LogP contribution in [0.4, 0.5) is 5.69 Å². The van der Waals surface area contributed by atoms with Crippen molar-refractivity contribution in [3.8, 4) is 22.6 Å². The molecule has 23 heavy (non-hydrogen) atoms. The number of nitrogen functional groups attached to an aromatic ring is 1. The minimum absolute atomic E-state index is 0.00581. The molecule has 0 aromatic heterocycles. The number of nitrogens with two attached hydrogens (primary N) is 1. The van der Waals surface area contributed by atoms with Gasteiger partial charge in [-0.2, -0.15) is 0 Å². The zero-order valence-corrected chi connectivity index (χ0v) is 13.4. The van der Waals surface area contributed by atoms with Crippen molar-refractivity contribution in [1.29, 1.82) is 5.41 Å². The molecule has 0 amide bonds. The van der Waals surface area contributed by atoms with Crippen LogP contribution in [-0.4, -0.2) is 29.5 Å². The highest BCUT2D eigenvalue weighted by Gasteiger charge is 2.09. The molecule has 1 fully saturated rings. The summed E-state index contributed by atoms with van der Waals surface area (Å²) in [7, 11) is 0. The van der Waals surface area contributed by atoms with Crippen molar-refractivity contribution in [2.45, 2.75) is 12.8 Å². The Morgan fingerprint density at radius 2 is 1.74 bits per heavy atom. The fourth-order valence-corrected chi connectivity index (χ4v) is 2.48. The largest absolute Gasteiger partial charge is 0.507 e. The number of anilines is 1. The van der Waals surface area contributed by atoms with Crippen LogP contribution in [-0.2, 0) is 0 Å². The van der Waals surface area contributed by atoms with E-state index in [2.05, 4.69) is 5.32 Å². The summed E-state index contributed by atoms with van der Waals surface area (Å²) >= 11 is 5.82. The van der Waals surface area contributed by atoms with Gasteiger partial charge >= 0.3 is 0 Å². The minimum Gasteiger partial charge on any atom is -0.507 e. The third-order valence-electron chi connectivity index (χ3n) is 3.57. The van der Waals surface area contributed by atoms with E-state index in [-0.39, 0.29) is 22.1 Å². The average Bonchev–Trinajstić information content (AvgIpc) is 3.09. The first-order valence-corrected chi connectivity index (χ1v) is 7.73. The van der Waals surface area contributed by atoms with E-state index in [9.17, 15) is 10.2 Å². The van der Waals surface area contributed by atoms with E-state index in [1.165, 1.54) is 38.1 Å². The highest BCUT2D eigenvalue weighted by molar-refractivity contribution is 6.32. The normalized spacial score (nSPS) is 13.3. The molecule has 2 aromatic rings. The predicted molar refractivity (Wildman–Crippen MR) is 94.6 cm³/mol. The van der Waals surface area contributed by atoms with E-state index in [1.807, 2.05) is 0 Å². The van der Waals surface area contributed by atoms with Crippen LogP contribution in [0.3, 0.4) is 0 Å². The average molecular weight is 334 g/mol. The second kappa shape index (κ2) is 7.85. The highest BCUT2D eigenvalue weighted by atomic mass is 35.5. The maximum absolute atomic E-state index is 9.74. The molecular weight excluding hydrogens is 314 g/mol. The van der Waals surface area contributed by atoms with Gasteiger partial charge in [0.2, 0.25) is 0 Å². The Hall–Kier alpha value is -2.24. The number of rotatable bonds is 2. The number of halogens is 1. The second-order valence-electron chi connectivity index (χ2n) is 5.27. The van der Waals surface area contributed by atoms with Gasteiger partial charge in [-0.15, -0.1) is 0 Å². The van der Waals surface area contributed by atoms with Gasteiger partial charge in [-0.3, -0.25) is 0 Å². The van der Waals surface area contributed by atoms with Crippen LogP contribution in [0.2, 0.25) is 5.02 Å². The lowest BCUT2D eigenvalue weighted by Gasteiger charge is -2.08. The van der Waals surface area contributed by atoms with Crippen LogP contribution in [0.25, 0.3) is 11.1 Å². The van der Waals surface area contributed by atoms with Crippen molar-refractivity contribution >= 4 is 23.5 Å². The van der Waals surface area contributed by atoms with Crippen LogP contribution in [0.1, 0.15) is 18.4 Å². The van der Waals surface area contributed by atoms with Crippen LogP contribution in [0.5, 0.6) is 11.5 Å². The lowest BCUT2D eigenvalue weighted by Crippen LogP contribution is -2.03. The smallest absolute Gasteiger partial charge is 0.134 e. The zero-order valence-electron chi connectivity index (χ0n) is 12.6. The molecular formula is C17H20ClN3O2. The van der Waals surface area contributed by atoms with Crippen molar-refractivity contribution in [1.82, 2.24) is 5.32 Å². The molecule has 122 valence electrons. The number of nitrogens with one attached hydrogen (secondary N) is 2. The standard InChI is InChI=1S/C13H11ClN2O2.C4H9N/c14-10-3-7(1-2-12(10)17)8-4-11(16)9(6-15)13(18)5-8;1-2-4-5-3-1/h1-6,15,17-18H,16H2;5H,1-4H2. The van der Waals surface area contributed by atoms with Gasteiger partial charge in [-0.25, -0.2) is 0 Å². The molecule has 6 N–H and O–H groups in total. The zero-order chi connectivity index (χ0) is 16.8. The van der Waals surface area contributed by atoms with E-state index < -0.39 is 0 Å². The first-order valence-electron chi connectivity index (χ1n) is 7.35. The Labute approximate surface area is 140 Å². The van der Waals surface area contributed by atoms with Crippen molar-refractivity contribution in [3.05, 3.63) is 40.9 Å². The molecule has 0 spiro atoms. The number of benzene rings is 2. The first-order chi connectivity index (χ1) is 11.0. The van der Waals surface area contributed by atoms with Crippen molar-refractivity contribution in [2.24, 2.45) is 0 Å². The quantitative estimate of drug-likeness (QED) is 0.429. The highest BCUT2D eigenvalue weighted by Crippen LogP contribution is 2.33. The second-order valence-corrected chi connectivity index (χ2v) is 5.67. The SMILES string of the molecule is C1CCNC1.N=Cc1c(N)cc(-c2ccc(O)c(Cl)c2)cc1O. The third kappa shape index (κ3) is 4.37. The molecule has 1 aliphatic heterocycles. The maximum Gasteiger partial charge on any atom is 0.134 e. The Morgan fingerprint density at radius 3 is 2.22 bits per heavy atom. The number of hydrogen-bond donors (Lipinski definition) is 5. The number of hydrogen-bond acceptors (Lipinski definition) is 5. The molecule has 0 saturated carbocycles. The Kier molecular flexibility index (Phi) is 5.84. The molecule has 3 rings (SSSR count). The number of aromatic hydroxyl groups is 2. The summed E-state index contributed by atoms with van der Waals surface area (Å²) in [6, 6.07) is 7.85. The topological polar surface area (TPSA) is 102 Å². The fraction of sp³-hybridized carbons (Fsp3) is 0.235. The summed E-state index contributed by atoms with van der Waals surface area (Å²) in [5.41, 5.74) is 7.72. The van der Waals surface area contributed by atoms with Crippen LogP contribution >= 0.6 is 11.6 Å². The summed E-state index contributed by atoms with van der Waals surface area (Å²) in [6.45, 7) is 2.50. The lowest BCUT2D eigenvalue weighted by molar-refractivity contribution is 0.475. The van der Waals surface area contributed by atoms with Crippen molar-refractivity contribution in [3.63, 3.8) is 0 Å². The molecule has 0 radical (unpaired) electrons. The third-order valence-corrected chi connectivity index (χ3v) is 3.88. The predicted octanol–water partition coefficient (Wildman–Crippen LogP) is 3.37. The number of phenolic OH excluding ortho intramolecular Hbond substituents is 2. The van der Waals surface area contributed by atoms with Gasteiger partial charge < -0.3 is 26.7 Å². The summed E-state index contributed by atoms with van der Waals surface area (Å²) in [5, 5.41) is 29.7. The molecule has 0 aliphatic carbocycles. The molecule has 6 heteroatoms. The van der Waals surface area contributed by atoms with Gasteiger partial charge in [-0.1, -0.05) is 17.7 Å². The van der Waals surface area contributed by atoms with Gasteiger partial charge in [0.1, 0.15) is 11.5 Å². The monoisotopic (exact) mass is 333 g/mol. The van der Waals surface area contributed by atoms with Crippen LogP contribution in [0, 0.1) is 5.41 Å². The molecule has 0 atom stereocenters. The van der Waals surface area contributed by atoms with Crippen molar-refractivity contribution < 1.29 is 10.2 Å². The molecule has 1 heterocycles. The molecule has 0 bridgehead atoms. The van der Waals surface area contributed by atoms with Gasteiger partial charge in [-0.05, 0) is 61.3 Å². The molecule has 1 aliphatic rings. The van der Waals surface area contributed by atoms with Crippen molar-refractivity contribution in [2.75, 3.05) is 18.8 Å². The van der Waals surface area contributed by atoms with Gasteiger partial charge in [0.05, 0.1) is 10.6 Å². The van der Waals surface area contributed by atoms with Gasteiger partial charge in [0.15, 0.2) is 0 Å². The van der Waals surface area contributed by atoms with E-state index in [1.54, 1.807) is 18.2 Å². The molecule has 1 saturated heterocycles. The van der Waals surface area contributed by atoms with Gasteiger partial charge in [0.25, 0.3) is 0 Å². The van der Waals surface area contributed by atoms with Crippen LogP contribution < -0.4 is 11.1 Å². The van der Waals surface area contributed by atoms with E-state index in [0.717, 1.165) is 11.8 Å². The Bertz CT molecular complexity index is 670. The Morgan fingerprint density at radius 1 is 1.04 bits per heavy atom. The maximum atomic E-state index is 9.74. The fourth-order valence-electron chi connectivity index (χ4n) is 2.30. The minimum atomic E-state index is -0.0656.